The molecule has 2 unspecified atom stereocenters. The van der Waals surface area contributed by atoms with Crippen LogP contribution >= 0.6 is 11.6 Å². The lowest BCUT2D eigenvalue weighted by atomic mass is 9.70. The van der Waals surface area contributed by atoms with Gasteiger partial charge < -0.3 is 29.3 Å². The molecule has 3 amide bonds. The molecule has 228 valence electrons. The number of carbonyl (C=O) groups excluding carboxylic acids is 3. The van der Waals surface area contributed by atoms with E-state index in [2.05, 4.69) is 13.2 Å². The van der Waals surface area contributed by atoms with Crippen molar-refractivity contribution in [3.63, 3.8) is 0 Å². The van der Waals surface area contributed by atoms with Gasteiger partial charge in [-0.25, -0.2) is 0 Å². The number of hydrogen-bond donors (Lipinski definition) is 1. The average molecular weight is 608 g/mol. The molecule has 0 radical (unpaired) electrons. The first-order chi connectivity index (χ1) is 20.7. The number of benzene rings is 2. The molecule has 1 N–H and O–H groups in total. The summed E-state index contributed by atoms with van der Waals surface area (Å²) in [5.74, 6) is -2.06. The van der Waals surface area contributed by atoms with E-state index < -0.39 is 41.5 Å². The van der Waals surface area contributed by atoms with E-state index in [1.54, 1.807) is 72.5 Å². The third-order valence-corrected chi connectivity index (χ3v) is 9.07. The molecule has 3 fully saturated rings. The Labute approximate surface area is 257 Å². The van der Waals surface area contributed by atoms with E-state index in [4.69, 9.17) is 21.1 Å². The lowest BCUT2D eigenvalue weighted by Crippen LogP contribution is -2.58. The number of halogens is 1. The zero-order valence-corrected chi connectivity index (χ0v) is 25.3. The van der Waals surface area contributed by atoms with E-state index in [1.807, 2.05) is 6.92 Å². The maximum atomic E-state index is 14.6. The van der Waals surface area contributed by atoms with Gasteiger partial charge in [0, 0.05) is 18.8 Å². The van der Waals surface area contributed by atoms with Crippen molar-refractivity contribution in [2.45, 2.75) is 50.5 Å². The van der Waals surface area contributed by atoms with Gasteiger partial charge in [-0.1, -0.05) is 35.9 Å². The summed E-state index contributed by atoms with van der Waals surface area (Å²) in [5, 5.41) is 10.6. The minimum absolute atomic E-state index is 0.145. The van der Waals surface area contributed by atoms with E-state index in [1.165, 1.54) is 9.80 Å². The van der Waals surface area contributed by atoms with Crippen LogP contribution in [0.3, 0.4) is 0 Å². The van der Waals surface area contributed by atoms with Crippen LogP contribution in [0.5, 0.6) is 5.75 Å². The van der Waals surface area contributed by atoms with Crippen LogP contribution < -0.4 is 14.5 Å². The molecule has 3 aliphatic heterocycles. The first-order valence-corrected chi connectivity index (χ1v) is 15.0. The number of anilines is 2. The fraction of sp³-hybridized carbons (Fsp3) is 0.424. The fourth-order valence-corrected chi connectivity index (χ4v) is 7.23. The standard InChI is InChI=1S/C33H38ClN3O6/c1-5-18-35(22-12-14-23(15-13-22)42-7-3)30(39)27-26-16-17-33(43-26)28(27)31(40)37(21(4)20-38)29(33)32(41)36(19-6-2)25-11-9-8-10-24(25)34/h5-6,8-15,21,26-29,38H,1-2,7,16-20H2,3-4H3/t21-,26-,27+,28+,29?,33?/m1/s1. The lowest BCUT2D eigenvalue weighted by Gasteiger charge is -2.38. The summed E-state index contributed by atoms with van der Waals surface area (Å²) >= 11 is 6.52. The average Bonchev–Trinajstić information content (AvgIpc) is 3.66. The Balaban J connectivity index is 1.55. The minimum atomic E-state index is -1.23. The summed E-state index contributed by atoms with van der Waals surface area (Å²) in [6.45, 7) is 11.8. The topological polar surface area (TPSA) is 99.6 Å². The highest BCUT2D eigenvalue weighted by atomic mass is 35.5. The number of fused-ring (bicyclic) bond motifs is 1. The van der Waals surface area contributed by atoms with Crippen molar-refractivity contribution >= 4 is 40.7 Å². The Kier molecular flexibility index (Phi) is 8.96. The number of carbonyl (C=O) groups is 3. The summed E-state index contributed by atoms with van der Waals surface area (Å²) in [7, 11) is 0. The SMILES string of the molecule is C=CCN(C(=O)[C@@H]1[C@H]2C(=O)N([C@H](C)CO)C(C(=O)N(CC=C)c3ccccc3Cl)C23CC[C@H]1O3)c1ccc(OCC)cc1. The molecular weight excluding hydrogens is 570 g/mol. The van der Waals surface area contributed by atoms with Gasteiger partial charge in [-0.3, -0.25) is 14.4 Å². The maximum absolute atomic E-state index is 14.6. The van der Waals surface area contributed by atoms with Crippen molar-refractivity contribution in [3.8, 4) is 5.75 Å². The molecule has 5 rings (SSSR count). The molecule has 2 aromatic rings. The highest BCUT2D eigenvalue weighted by molar-refractivity contribution is 6.34. The third kappa shape index (κ3) is 5.13. The molecule has 0 saturated carbocycles. The van der Waals surface area contributed by atoms with Crippen LogP contribution in [0, 0.1) is 11.8 Å². The van der Waals surface area contributed by atoms with Gasteiger partial charge >= 0.3 is 0 Å². The summed E-state index contributed by atoms with van der Waals surface area (Å²) in [5.41, 5.74) is -0.118. The van der Waals surface area contributed by atoms with E-state index in [-0.39, 0.29) is 31.5 Å². The Morgan fingerprint density at radius 1 is 1.14 bits per heavy atom. The zero-order chi connectivity index (χ0) is 30.9. The molecule has 6 atom stereocenters. The number of rotatable bonds is 12. The van der Waals surface area contributed by atoms with Crippen LogP contribution in [0.1, 0.15) is 26.7 Å². The number of hydrogen-bond acceptors (Lipinski definition) is 6. The molecule has 0 aliphatic carbocycles. The molecule has 43 heavy (non-hydrogen) atoms. The van der Waals surface area contributed by atoms with Gasteiger partial charge in [-0.15, -0.1) is 13.2 Å². The van der Waals surface area contributed by atoms with Crippen LogP contribution in [0.4, 0.5) is 11.4 Å². The van der Waals surface area contributed by atoms with Crippen LogP contribution in [0.25, 0.3) is 0 Å². The number of aliphatic hydroxyl groups is 1. The number of nitrogens with zero attached hydrogens (tertiary/aromatic N) is 3. The smallest absolute Gasteiger partial charge is 0.253 e. The first-order valence-electron chi connectivity index (χ1n) is 14.7. The summed E-state index contributed by atoms with van der Waals surface area (Å²) < 4.78 is 12.2. The van der Waals surface area contributed by atoms with Crippen molar-refractivity contribution in [3.05, 3.63) is 78.9 Å². The van der Waals surface area contributed by atoms with Gasteiger partial charge in [0.15, 0.2) is 0 Å². The number of amides is 3. The Hall–Kier alpha value is -3.66. The monoisotopic (exact) mass is 607 g/mol. The van der Waals surface area contributed by atoms with Gasteiger partial charge in [0.1, 0.15) is 17.4 Å². The molecule has 10 heteroatoms. The Morgan fingerprint density at radius 2 is 1.81 bits per heavy atom. The molecule has 3 heterocycles. The number of aliphatic hydroxyl groups excluding tert-OH is 1. The van der Waals surface area contributed by atoms with Crippen molar-refractivity contribution in [1.82, 2.24) is 4.90 Å². The van der Waals surface area contributed by atoms with E-state index in [0.717, 1.165) is 0 Å². The van der Waals surface area contributed by atoms with Gasteiger partial charge in [-0.05, 0) is 63.1 Å². The number of para-hydroxylation sites is 1. The Bertz CT molecular complexity index is 1400. The van der Waals surface area contributed by atoms with Crippen molar-refractivity contribution in [1.29, 1.82) is 0 Å². The van der Waals surface area contributed by atoms with Crippen molar-refractivity contribution in [2.24, 2.45) is 11.8 Å². The molecule has 1 spiro atoms. The first kappa shape index (κ1) is 30.8. The molecule has 2 aromatic carbocycles. The van der Waals surface area contributed by atoms with E-state index >= 15 is 0 Å². The van der Waals surface area contributed by atoms with Crippen molar-refractivity contribution in [2.75, 3.05) is 36.1 Å². The minimum Gasteiger partial charge on any atom is -0.494 e. The number of ether oxygens (including phenoxy) is 2. The second-order valence-corrected chi connectivity index (χ2v) is 11.6. The van der Waals surface area contributed by atoms with Crippen LogP contribution in [0.15, 0.2) is 73.8 Å². The predicted octanol–water partition coefficient (Wildman–Crippen LogP) is 4.23. The highest BCUT2D eigenvalue weighted by Crippen LogP contribution is 2.59. The largest absolute Gasteiger partial charge is 0.494 e. The molecule has 2 bridgehead atoms. The predicted molar refractivity (Wildman–Crippen MR) is 165 cm³/mol. The summed E-state index contributed by atoms with van der Waals surface area (Å²) in [4.78, 5) is 47.8. The number of likely N-dealkylation sites (tertiary alicyclic amines) is 1. The van der Waals surface area contributed by atoms with Crippen LogP contribution in [-0.2, 0) is 19.1 Å². The lowest BCUT2D eigenvalue weighted by molar-refractivity contribution is -0.143. The third-order valence-electron chi connectivity index (χ3n) is 8.75. The molecule has 0 aromatic heterocycles. The molecule has 9 nitrogen and oxygen atoms in total. The molecule has 3 saturated heterocycles. The normalized spacial score (nSPS) is 26.1. The second-order valence-electron chi connectivity index (χ2n) is 11.2. The summed E-state index contributed by atoms with van der Waals surface area (Å²) in [6.07, 6.45) is 3.64. The zero-order valence-electron chi connectivity index (χ0n) is 24.5. The van der Waals surface area contributed by atoms with Gasteiger partial charge in [-0.2, -0.15) is 0 Å². The highest BCUT2D eigenvalue weighted by Gasteiger charge is 2.75. The fourth-order valence-electron chi connectivity index (χ4n) is 6.99. The van der Waals surface area contributed by atoms with Crippen LogP contribution in [0.2, 0.25) is 5.02 Å². The van der Waals surface area contributed by atoms with Crippen molar-refractivity contribution < 1.29 is 29.0 Å². The molecular formula is C33H38ClN3O6. The van der Waals surface area contributed by atoms with E-state index in [0.29, 0.717) is 41.6 Å². The van der Waals surface area contributed by atoms with Gasteiger partial charge in [0.25, 0.3) is 5.91 Å². The van der Waals surface area contributed by atoms with Crippen LogP contribution in [-0.4, -0.2) is 77.8 Å². The van der Waals surface area contributed by atoms with Gasteiger partial charge in [0.05, 0.1) is 47.9 Å². The molecule has 3 aliphatic rings. The second kappa shape index (κ2) is 12.5. The Morgan fingerprint density at radius 3 is 2.44 bits per heavy atom. The van der Waals surface area contributed by atoms with E-state index in [9.17, 15) is 19.5 Å². The summed E-state index contributed by atoms with van der Waals surface area (Å²) in [6, 6.07) is 12.4. The van der Waals surface area contributed by atoms with Gasteiger partial charge in [0.2, 0.25) is 11.8 Å². The maximum Gasteiger partial charge on any atom is 0.253 e. The quantitative estimate of drug-likeness (QED) is 0.363.